The summed E-state index contributed by atoms with van der Waals surface area (Å²) in [5.41, 5.74) is 6.63. The lowest BCUT2D eigenvalue weighted by Crippen LogP contribution is -2.25. The Morgan fingerprint density at radius 3 is 2.53 bits per heavy atom. The average Bonchev–Trinajstić information content (AvgIpc) is 2.31. The molecule has 0 aliphatic rings. The van der Waals surface area contributed by atoms with Crippen molar-refractivity contribution in [2.45, 2.75) is 25.7 Å². The first kappa shape index (κ1) is 15.9. The van der Waals surface area contributed by atoms with E-state index in [2.05, 4.69) is 17.4 Å². The molecular formula is C13H21ClN2O. The summed E-state index contributed by atoms with van der Waals surface area (Å²) in [5.74, 6) is 0.129. The smallest absolute Gasteiger partial charge is 0.220 e. The van der Waals surface area contributed by atoms with Crippen molar-refractivity contribution >= 4 is 18.3 Å². The summed E-state index contributed by atoms with van der Waals surface area (Å²) >= 11 is 0. The largest absolute Gasteiger partial charge is 0.356 e. The molecule has 4 heteroatoms. The fraction of sp³-hybridized carbons (Fsp3) is 0.462. The zero-order valence-electron chi connectivity index (χ0n) is 10.0. The highest BCUT2D eigenvalue weighted by atomic mass is 35.5. The quantitative estimate of drug-likeness (QED) is 0.732. The van der Waals surface area contributed by atoms with E-state index in [1.54, 1.807) is 0 Å². The molecule has 0 bridgehead atoms. The molecule has 1 aromatic carbocycles. The van der Waals surface area contributed by atoms with Crippen LogP contribution in [0, 0.1) is 0 Å². The lowest BCUT2D eigenvalue weighted by atomic mass is 10.1. The van der Waals surface area contributed by atoms with Gasteiger partial charge in [-0.25, -0.2) is 0 Å². The van der Waals surface area contributed by atoms with Gasteiger partial charge in [0.15, 0.2) is 0 Å². The maximum atomic E-state index is 11.4. The highest BCUT2D eigenvalue weighted by Crippen LogP contribution is 2.04. The van der Waals surface area contributed by atoms with E-state index in [4.69, 9.17) is 5.73 Å². The zero-order chi connectivity index (χ0) is 11.6. The predicted octanol–water partition coefficient (Wildman–Crippen LogP) is 1.90. The van der Waals surface area contributed by atoms with E-state index in [1.807, 2.05) is 18.2 Å². The molecule has 0 radical (unpaired) electrons. The Labute approximate surface area is 109 Å². The monoisotopic (exact) mass is 256 g/mol. The van der Waals surface area contributed by atoms with Gasteiger partial charge in [0.25, 0.3) is 0 Å². The maximum absolute atomic E-state index is 11.4. The third-order valence-electron chi connectivity index (χ3n) is 2.42. The molecule has 0 aliphatic carbocycles. The zero-order valence-corrected chi connectivity index (χ0v) is 10.8. The van der Waals surface area contributed by atoms with Crippen LogP contribution >= 0.6 is 12.4 Å². The van der Waals surface area contributed by atoms with Crippen LogP contribution < -0.4 is 11.1 Å². The summed E-state index contributed by atoms with van der Waals surface area (Å²) in [5, 5.41) is 2.85. The summed E-state index contributed by atoms with van der Waals surface area (Å²) in [7, 11) is 0. The summed E-state index contributed by atoms with van der Waals surface area (Å²) in [6.45, 7) is 1.32. The Morgan fingerprint density at radius 2 is 1.88 bits per heavy atom. The van der Waals surface area contributed by atoms with Crippen LogP contribution in [0.5, 0.6) is 0 Å². The van der Waals surface area contributed by atoms with Crippen LogP contribution in [0.25, 0.3) is 0 Å². The number of halogens is 1. The van der Waals surface area contributed by atoms with Crippen LogP contribution in [0.15, 0.2) is 30.3 Å². The molecular weight excluding hydrogens is 236 g/mol. The normalized spacial score (nSPS) is 9.47. The van der Waals surface area contributed by atoms with Gasteiger partial charge in [-0.05, 0) is 31.4 Å². The highest BCUT2D eigenvalue weighted by Gasteiger charge is 2.00. The number of hydrogen-bond acceptors (Lipinski definition) is 2. The molecule has 17 heavy (non-hydrogen) atoms. The Hall–Kier alpha value is -1.06. The highest BCUT2D eigenvalue weighted by molar-refractivity contribution is 5.85. The summed E-state index contributed by atoms with van der Waals surface area (Å²) < 4.78 is 0. The van der Waals surface area contributed by atoms with E-state index < -0.39 is 0 Å². The van der Waals surface area contributed by atoms with E-state index in [0.717, 1.165) is 19.3 Å². The minimum absolute atomic E-state index is 0. The van der Waals surface area contributed by atoms with Gasteiger partial charge in [0.2, 0.25) is 5.91 Å². The molecule has 3 N–H and O–H groups in total. The molecule has 0 heterocycles. The van der Waals surface area contributed by atoms with Crippen molar-refractivity contribution in [3.05, 3.63) is 35.9 Å². The lowest BCUT2D eigenvalue weighted by molar-refractivity contribution is -0.121. The van der Waals surface area contributed by atoms with Gasteiger partial charge in [0.05, 0.1) is 0 Å². The van der Waals surface area contributed by atoms with E-state index >= 15 is 0 Å². The van der Waals surface area contributed by atoms with Crippen LogP contribution in [0.3, 0.4) is 0 Å². The summed E-state index contributed by atoms with van der Waals surface area (Å²) in [4.78, 5) is 11.4. The number of carbonyl (C=O) groups excluding carboxylic acids is 1. The standard InChI is InChI=1S/C13H20N2O.ClH/c14-10-5-11-15-13(16)9-4-8-12-6-2-1-3-7-12;/h1-3,6-7H,4-5,8-11,14H2,(H,15,16);1H. The Balaban J connectivity index is 0.00000256. The fourth-order valence-corrected chi connectivity index (χ4v) is 1.52. The average molecular weight is 257 g/mol. The molecule has 0 spiro atoms. The molecule has 96 valence electrons. The molecule has 0 atom stereocenters. The molecule has 0 aliphatic heterocycles. The van der Waals surface area contributed by atoms with E-state index in [1.165, 1.54) is 5.56 Å². The van der Waals surface area contributed by atoms with Crippen molar-refractivity contribution in [1.82, 2.24) is 5.32 Å². The minimum atomic E-state index is 0. The van der Waals surface area contributed by atoms with Gasteiger partial charge < -0.3 is 11.1 Å². The van der Waals surface area contributed by atoms with Crippen LogP contribution in [0.2, 0.25) is 0 Å². The van der Waals surface area contributed by atoms with Gasteiger partial charge in [-0.2, -0.15) is 0 Å². The molecule has 1 rings (SSSR count). The van der Waals surface area contributed by atoms with E-state index in [9.17, 15) is 4.79 Å². The van der Waals surface area contributed by atoms with Gasteiger partial charge in [-0.1, -0.05) is 30.3 Å². The molecule has 0 fully saturated rings. The first-order valence-corrected chi connectivity index (χ1v) is 5.83. The first-order valence-electron chi connectivity index (χ1n) is 5.83. The topological polar surface area (TPSA) is 55.1 Å². The molecule has 0 saturated carbocycles. The van der Waals surface area contributed by atoms with Gasteiger partial charge >= 0.3 is 0 Å². The van der Waals surface area contributed by atoms with Crippen molar-refractivity contribution < 1.29 is 4.79 Å². The number of nitrogens with one attached hydrogen (secondary N) is 1. The molecule has 0 saturated heterocycles. The predicted molar refractivity (Wildman–Crippen MR) is 73.3 cm³/mol. The SMILES string of the molecule is Cl.NCCCNC(=O)CCCc1ccccc1. The van der Waals surface area contributed by atoms with E-state index in [0.29, 0.717) is 19.5 Å². The molecule has 0 aromatic heterocycles. The number of carbonyl (C=O) groups is 1. The fourth-order valence-electron chi connectivity index (χ4n) is 1.52. The lowest BCUT2D eigenvalue weighted by Gasteiger charge is -2.04. The maximum Gasteiger partial charge on any atom is 0.220 e. The Kier molecular flexibility index (Phi) is 9.49. The molecule has 0 unspecified atom stereocenters. The second kappa shape index (κ2) is 10.1. The van der Waals surface area contributed by atoms with Crippen LogP contribution in [-0.2, 0) is 11.2 Å². The van der Waals surface area contributed by atoms with Crippen molar-refractivity contribution in [3.63, 3.8) is 0 Å². The molecule has 3 nitrogen and oxygen atoms in total. The third kappa shape index (κ3) is 7.77. The third-order valence-corrected chi connectivity index (χ3v) is 2.42. The number of hydrogen-bond donors (Lipinski definition) is 2. The second-order valence-corrected chi connectivity index (χ2v) is 3.83. The van der Waals surface area contributed by atoms with Gasteiger partial charge in [-0.15, -0.1) is 12.4 Å². The Bertz CT molecular complexity index is 304. The summed E-state index contributed by atoms with van der Waals surface area (Å²) in [6.07, 6.45) is 3.31. The van der Waals surface area contributed by atoms with Crippen molar-refractivity contribution in [3.8, 4) is 0 Å². The van der Waals surface area contributed by atoms with Crippen LogP contribution in [-0.4, -0.2) is 19.0 Å². The van der Waals surface area contributed by atoms with Gasteiger partial charge in [-0.3, -0.25) is 4.79 Å². The van der Waals surface area contributed by atoms with E-state index in [-0.39, 0.29) is 18.3 Å². The molecule has 1 amide bonds. The molecule has 1 aromatic rings. The minimum Gasteiger partial charge on any atom is -0.356 e. The van der Waals surface area contributed by atoms with Crippen molar-refractivity contribution in [2.75, 3.05) is 13.1 Å². The van der Waals surface area contributed by atoms with Gasteiger partial charge in [0.1, 0.15) is 0 Å². The number of amides is 1. The van der Waals surface area contributed by atoms with Gasteiger partial charge in [0, 0.05) is 13.0 Å². The first-order chi connectivity index (χ1) is 7.83. The summed E-state index contributed by atoms with van der Waals surface area (Å²) in [6, 6.07) is 10.2. The number of rotatable bonds is 7. The number of aryl methyl sites for hydroxylation is 1. The number of benzene rings is 1. The number of nitrogens with two attached hydrogens (primary N) is 1. The van der Waals surface area contributed by atoms with Crippen LogP contribution in [0.4, 0.5) is 0 Å². The van der Waals surface area contributed by atoms with Crippen molar-refractivity contribution in [1.29, 1.82) is 0 Å². The van der Waals surface area contributed by atoms with Crippen LogP contribution in [0.1, 0.15) is 24.8 Å². The Morgan fingerprint density at radius 1 is 1.18 bits per heavy atom. The second-order valence-electron chi connectivity index (χ2n) is 3.83. The van der Waals surface area contributed by atoms with Crippen molar-refractivity contribution in [2.24, 2.45) is 5.73 Å².